The summed E-state index contributed by atoms with van der Waals surface area (Å²) in [5.74, 6) is -3.78. The number of carboxylic acid groups (broad SMARTS) is 1. The predicted octanol–water partition coefficient (Wildman–Crippen LogP) is 2.70. The van der Waals surface area contributed by atoms with Crippen LogP contribution in [0.3, 0.4) is 0 Å². The Kier molecular flexibility index (Phi) is 5.72. The van der Waals surface area contributed by atoms with Gasteiger partial charge in [-0.1, -0.05) is 45.4 Å². The second kappa shape index (κ2) is 7.78. The van der Waals surface area contributed by atoms with Crippen molar-refractivity contribution in [3.8, 4) is 0 Å². The number of ether oxygens (including phenoxy) is 1. The van der Waals surface area contributed by atoms with Crippen LogP contribution in [0.15, 0.2) is 24.3 Å². The SMILES string of the molecule is CC(C)(C)COC(=O)C(=O)CC(N)(C(=O)O)C1c2ccccc2N[C@@H]2CCC[C@H]12. The molecule has 1 fully saturated rings. The number of carbonyl (C=O) groups is 3. The Morgan fingerprint density at radius 1 is 1.21 bits per heavy atom. The fourth-order valence-electron chi connectivity index (χ4n) is 4.58. The van der Waals surface area contributed by atoms with Gasteiger partial charge in [-0.3, -0.25) is 9.59 Å². The molecule has 1 saturated carbocycles. The van der Waals surface area contributed by atoms with E-state index in [1.165, 1.54) is 0 Å². The molecule has 0 aromatic heterocycles. The first-order valence-corrected chi connectivity index (χ1v) is 10.1. The summed E-state index contributed by atoms with van der Waals surface area (Å²) >= 11 is 0. The van der Waals surface area contributed by atoms with Crippen LogP contribution in [0.2, 0.25) is 0 Å². The van der Waals surface area contributed by atoms with Crippen molar-refractivity contribution in [3.05, 3.63) is 29.8 Å². The van der Waals surface area contributed by atoms with Crippen LogP contribution in [0.1, 0.15) is 57.9 Å². The molecule has 1 aromatic carbocycles. The molecule has 0 bridgehead atoms. The lowest BCUT2D eigenvalue weighted by atomic mass is 9.66. The molecule has 158 valence electrons. The van der Waals surface area contributed by atoms with Gasteiger partial charge >= 0.3 is 11.9 Å². The minimum Gasteiger partial charge on any atom is -0.480 e. The van der Waals surface area contributed by atoms with Crippen LogP contribution in [0.5, 0.6) is 0 Å². The van der Waals surface area contributed by atoms with Gasteiger partial charge in [0.2, 0.25) is 5.78 Å². The van der Waals surface area contributed by atoms with Crippen molar-refractivity contribution in [1.82, 2.24) is 0 Å². The van der Waals surface area contributed by atoms with Crippen molar-refractivity contribution in [2.45, 2.75) is 64.0 Å². The number of nitrogens with one attached hydrogen (secondary N) is 1. The molecule has 2 unspecified atom stereocenters. The number of nitrogens with two attached hydrogens (primary N) is 1. The van der Waals surface area contributed by atoms with Gasteiger partial charge in [-0.15, -0.1) is 0 Å². The highest BCUT2D eigenvalue weighted by molar-refractivity contribution is 6.34. The van der Waals surface area contributed by atoms with Gasteiger partial charge in [-0.05, 0) is 35.8 Å². The first kappa shape index (κ1) is 21.3. The van der Waals surface area contributed by atoms with Crippen LogP contribution in [-0.4, -0.2) is 41.0 Å². The number of Topliss-reactive ketones (excluding diaryl/α,β-unsaturated/α-hetero) is 1. The minimum absolute atomic E-state index is 0.00982. The van der Waals surface area contributed by atoms with E-state index >= 15 is 0 Å². The highest BCUT2D eigenvalue weighted by Gasteiger charge is 2.54. The van der Waals surface area contributed by atoms with Crippen LogP contribution in [-0.2, 0) is 19.1 Å². The van der Waals surface area contributed by atoms with Gasteiger partial charge in [-0.2, -0.15) is 0 Å². The molecule has 29 heavy (non-hydrogen) atoms. The second-order valence-electron chi connectivity index (χ2n) is 9.49. The number of carboxylic acids is 1. The largest absolute Gasteiger partial charge is 0.480 e. The molecule has 1 aromatic rings. The lowest BCUT2D eigenvalue weighted by molar-refractivity contribution is -0.158. The molecule has 1 aliphatic carbocycles. The topological polar surface area (TPSA) is 119 Å². The molecule has 2 aliphatic rings. The number of esters is 1. The van der Waals surface area contributed by atoms with E-state index in [0.717, 1.165) is 30.5 Å². The van der Waals surface area contributed by atoms with E-state index in [9.17, 15) is 19.5 Å². The van der Waals surface area contributed by atoms with Crippen molar-refractivity contribution >= 4 is 23.4 Å². The van der Waals surface area contributed by atoms with Crippen molar-refractivity contribution < 1.29 is 24.2 Å². The van der Waals surface area contributed by atoms with Crippen molar-refractivity contribution in [3.63, 3.8) is 0 Å². The second-order valence-corrected chi connectivity index (χ2v) is 9.49. The molecule has 7 heteroatoms. The Balaban J connectivity index is 1.90. The van der Waals surface area contributed by atoms with Crippen LogP contribution in [0.4, 0.5) is 5.69 Å². The first-order valence-electron chi connectivity index (χ1n) is 10.1. The van der Waals surface area contributed by atoms with Crippen molar-refractivity contribution in [2.24, 2.45) is 17.1 Å². The molecule has 4 N–H and O–H groups in total. The highest BCUT2D eigenvalue weighted by Crippen LogP contribution is 2.50. The highest BCUT2D eigenvalue weighted by atomic mass is 16.5. The Morgan fingerprint density at radius 3 is 2.55 bits per heavy atom. The summed E-state index contributed by atoms with van der Waals surface area (Å²) in [6, 6.07) is 7.59. The molecule has 4 atom stereocenters. The first-order chi connectivity index (χ1) is 13.5. The van der Waals surface area contributed by atoms with E-state index in [2.05, 4.69) is 5.32 Å². The maximum atomic E-state index is 12.6. The van der Waals surface area contributed by atoms with E-state index in [4.69, 9.17) is 10.5 Å². The third-order valence-electron chi connectivity index (χ3n) is 5.90. The summed E-state index contributed by atoms with van der Waals surface area (Å²) in [4.78, 5) is 37.2. The van der Waals surface area contributed by atoms with E-state index in [1.807, 2.05) is 45.0 Å². The Morgan fingerprint density at radius 2 is 1.90 bits per heavy atom. The quantitative estimate of drug-likeness (QED) is 0.494. The Bertz CT molecular complexity index is 816. The summed E-state index contributed by atoms with van der Waals surface area (Å²) in [5, 5.41) is 13.6. The molecule has 3 rings (SSSR count). The number of hydrogen-bond donors (Lipinski definition) is 3. The summed E-state index contributed by atoms with van der Waals surface area (Å²) in [7, 11) is 0. The number of hydrogen-bond acceptors (Lipinski definition) is 6. The molecule has 0 radical (unpaired) electrons. The molecular weight excluding hydrogens is 372 g/mol. The number of aliphatic carboxylic acids is 1. The number of benzene rings is 1. The number of fused-ring (bicyclic) bond motifs is 2. The van der Waals surface area contributed by atoms with Gasteiger partial charge in [0.1, 0.15) is 5.54 Å². The van der Waals surface area contributed by atoms with Gasteiger partial charge in [-0.25, -0.2) is 4.79 Å². The zero-order chi connectivity index (χ0) is 21.4. The van der Waals surface area contributed by atoms with E-state index in [0.29, 0.717) is 0 Å². The van der Waals surface area contributed by atoms with Crippen LogP contribution >= 0.6 is 0 Å². The number of anilines is 1. The molecule has 7 nitrogen and oxygen atoms in total. The van der Waals surface area contributed by atoms with E-state index in [1.54, 1.807) is 0 Å². The van der Waals surface area contributed by atoms with E-state index < -0.39 is 35.6 Å². The third kappa shape index (κ3) is 4.29. The summed E-state index contributed by atoms with van der Waals surface area (Å²) < 4.78 is 5.09. The number of rotatable bonds is 6. The number of para-hydroxylation sites is 1. The predicted molar refractivity (Wildman–Crippen MR) is 109 cm³/mol. The van der Waals surface area contributed by atoms with Crippen LogP contribution < -0.4 is 11.1 Å². The maximum absolute atomic E-state index is 12.6. The normalized spacial score (nSPS) is 25.2. The van der Waals surface area contributed by atoms with Gasteiger partial charge in [0.25, 0.3) is 0 Å². The summed E-state index contributed by atoms with van der Waals surface area (Å²) in [5.41, 5.74) is 5.90. The fourth-order valence-corrected chi connectivity index (χ4v) is 4.58. The lowest BCUT2D eigenvalue weighted by Gasteiger charge is -2.44. The van der Waals surface area contributed by atoms with Crippen LogP contribution in [0.25, 0.3) is 0 Å². The summed E-state index contributed by atoms with van der Waals surface area (Å²) in [6.07, 6.45) is 2.12. The van der Waals surface area contributed by atoms with Gasteiger partial charge in [0.15, 0.2) is 0 Å². The Hall–Kier alpha value is -2.41. The van der Waals surface area contributed by atoms with E-state index in [-0.39, 0.29) is 24.0 Å². The third-order valence-corrected chi connectivity index (χ3v) is 5.90. The average molecular weight is 402 g/mol. The zero-order valence-electron chi connectivity index (χ0n) is 17.2. The smallest absolute Gasteiger partial charge is 0.374 e. The summed E-state index contributed by atoms with van der Waals surface area (Å²) in [6.45, 7) is 5.70. The average Bonchev–Trinajstić information content (AvgIpc) is 3.10. The zero-order valence-corrected chi connectivity index (χ0v) is 17.2. The maximum Gasteiger partial charge on any atom is 0.374 e. The van der Waals surface area contributed by atoms with Crippen LogP contribution in [0, 0.1) is 11.3 Å². The lowest BCUT2D eigenvalue weighted by Crippen LogP contribution is -2.59. The molecule has 1 heterocycles. The van der Waals surface area contributed by atoms with Crippen molar-refractivity contribution in [1.29, 1.82) is 0 Å². The minimum atomic E-state index is -1.89. The molecule has 0 amide bonds. The monoisotopic (exact) mass is 402 g/mol. The Labute approximate surface area is 171 Å². The molecule has 0 spiro atoms. The molecule has 1 aliphatic heterocycles. The van der Waals surface area contributed by atoms with Gasteiger partial charge in [0.05, 0.1) is 6.61 Å². The molecular formula is C22H30N2O5. The van der Waals surface area contributed by atoms with Gasteiger partial charge in [0, 0.05) is 24.1 Å². The number of ketones is 1. The molecule has 0 saturated heterocycles. The van der Waals surface area contributed by atoms with Gasteiger partial charge < -0.3 is 20.9 Å². The standard InChI is InChI=1S/C22H30N2O5/c1-21(2,3)12-29-19(26)17(25)11-22(23,20(27)28)18-13-7-4-5-9-15(13)24-16-10-6-8-14(16)18/h4-5,7,9,14,16,18,24H,6,8,10-12,23H2,1-3H3,(H,27,28)/t14-,16+,18?,22?/m0/s1. The fraction of sp³-hybridized carbons (Fsp3) is 0.591. The van der Waals surface area contributed by atoms with Crippen molar-refractivity contribution in [2.75, 3.05) is 11.9 Å². The number of carbonyl (C=O) groups excluding carboxylic acids is 2.